The highest BCUT2D eigenvalue weighted by Crippen LogP contribution is 2.07. The maximum atomic E-state index is 10.3. The Morgan fingerprint density at radius 1 is 1.22 bits per heavy atom. The first-order valence-electron chi connectivity index (χ1n) is 2.46. The Morgan fingerprint density at radius 2 is 1.78 bits per heavy atom. The van der Waals surface area contributed by atoms with Gasteiger partial charge in [0.05, 0.1) is 0 Å². The monoisotopic (exact) mass is 203 g/mol. The quantitative estimate of drug-likeness (QED) is 0.640. The highest BCUT2D eigenvalue weighted by atomic mass is 79.9. The van der Waals surface area contributed by atoms with Crippen molar-refractivity contribution in [3.05, 3.63) is 28.7 Å². The molecule has 0 spiro atoms. The van der Waals surface area contributed by atoms with Gasteiger partial charge in [-0.15, -0.1) is 0 Å². The molecular weight excluding hydrogens is 199 g/mol. The molecule has 0 saturated heterocycles. The molecule has 9 heavy (non-hydrogen) atoms. The van der Waals surface area contributed by atoms with Crippen molar-refractivity contribution in [3.63, 3.8) is 0 Å². The van der Waals surface area contributed by atoms with E-state index in [2.05, 4.69) is 15.9 Å². The zero-order chi connectivity index (χ0) is 6.69. The van der Waals surface area contributed by atoms with Crippen LogP contribution in [-0.2, 0) is 4.57 Å². The average molecular weight is 204 g/mol. The first-order valence-corrected chi connectivity index (χ1v) is 4.17. The van der Waals surface area contributed by atoms with E-state index < -0.39 is 0 Å². The van der Waals surface area contributed by atoms with Crippen LogP contribution in [0, 0.1) is 0 Å². The van der Waals surface area contributed by atoms with Gasteiger partial charge in [0, 0.05) is 4.47 Å². The molecule has 0 bridgehead atoms. The highest BCUT2D eigenvalue weighted by molar-refractivity contribution is 9.10. The van der Waals surface area contributed by atoms with Gasteiger partial charge in [-0.1, -0.05) is 20.5 Å². The van der Waals surface area contributed by atoms with Crippen LogP contribution in [0.15, 0.2) is 28.7 Å². The van der Waals surface area contributed by atoms with Crippen molar-refractivity contribution in [2.45, 2.75) is 0 Å². The van der Waals surface area contributed by atoms with E-state index in [9.17, 15) is 4.57 Å². The lowest BCUT2D eigenvalue weighted by Crippen LogP contribution is -1.86. The minimum absolute atomic E-state index is 0.344. The van der Waals surface area contributed by atoms with Crippen molar-refractivity contribution in [1.29, 1.82) is 0 Å². The Hall–Kier alpha value is -0.200. The van der Waals surface area contributed by atoms with E-state index >= 15 is 0 Å². The average Bonchev–Trinajstić information content (AvgIpc) is 1.90. The molecule has 0 amide bonds. The van der Waals surface area contributed by atoms with Crippen LogP contribution in [0.4, 0.5) is 0 Å². The number of halogens is 1. The second kappa shape index (κ2) is 3.09. The second-order valence-corrected chi connectivity index (χ2v) is 3.31. The van der Waals surface area contributed by atoms with Crippen molar-refractivity contribution in [1.82, 2.24) is 0 Å². The molecule has 0 aliphatic heterocycles. The molecule has 0 aliphatic rings. The maximum absolute atomic E-state index is 10.3. The molecule has 1 rings (SSSR count). The van der Waals surface area contributed by atoms with Gasteiger partial charge < -0.3 is 0 Å². The minimum Gasteiger partial charge on any atom is -0.0707 e. The molecule has 1 aromatic rings. The molecule has 1 atom stereocenters. The fourth-order valence-electron chi connectivity index (χ4n) is 0.518. The topological polar surface area (TPSA) is 17.1 Å². The van der Waals surface area contributed by atoms with Crippen molar-refractivity contribution in [3.8, 4) is 0 Å². The van der Waals surface area contributed by atoms with E-state index in [-0.39, 0.29) is 8.46 Å². The van der Waals surface area contributed by atoms with Gasteiger partial charge in [0.1, 0.15) is 0 Å². The van der Waals surface area contributed by atoms with E-state index in [1.165, 1.54) is 0 Å². The van der Waals surface area contributed by atoms with Gasteiger partial charge in [0.2, 0.25) is 0 Å². The Morgan fingerprint density at radius 3 is 2.22 bits per heavy atom. The van der Waals surface area contributed by atoms with E-state index in [1.807, 2.05) is 24.3 Å². The summed E-state index contributed by atoms with van der Waals surface area (Å²) in [7, 11) is -0.344. The molecule has 0 aliphatic carbocycles. The molecule has 0 heterocycles. The largest absolute Gasteiger partial charge is 0.363 e. The van der Waals surface area contributed by atoms with Gasteiger partial charge in [0.25, 0.3) is 0 Å². The minimum atomic E-state index is -0.344. The number of hydrogen-bond donors (Lipinski definition) is 0. The van der Waals surface area contributed by atoms with Crippen LogP contribution in [0.3, 0.4) is 0 Å². The van der Waals surface area contributed by atoms with Crippen LogP contribution in [0.1, 0.15) is 0 Å². The van der Waals surface area contributed by atoms with Crippen LogP contribution in [0.2, 0.25) is 0 Å². The molecule has 0 radical (unpaired) electrons. The molecule has 1 nitrogen and oxygen atoms in total. The first kappa shape index (κ1) is 6.91. The Labute approximate surface area is 63.4 Å². The standard InChI is InChI=1S/C6H4BrOP/c7-5-1-3-6(9-8)4-2-5/h1-4H/p+1. The van der Waals surface area contributed by atoms with Crippen molar-refractivity contribution in [2.24, 2.45) is 0 Å². The van der Waals surface area contributed by atoms with Gasteiger partial charge in [-0.05, 0) is 24.3 Å². The van der Waals surface area contributed by atoms with E-state index in [0.29, 0.717) is 0 Å². The molecule has 0 N–H and O–H groups in total. The highest BCUT2D eigenvalue weighted by Gasteiger charge is 1.95. The molecule has 3 heteroatoms. The maximum Gasteiger partial charge on any atom is 0.363 e. The van der Waals surface area contributed by atoms with E-state index in [0.717, 1.165) is 9.78 Å². The summed E-state index contributed by atoms with van der Waals surface area (Å²) >= 11 is 3.28. The van der Waals surface area contributed by atoms with Crippen LogP contribution >= 0.6 is 24.4 Å². The number of rotatable bonds is 1. The smallest absolute Gasteiger partial charge is 0.0707 e. The summed E-state index contributed by atoms with van der Waals surface area (Å²) in [5.41, 5.74) is 0. The molecule has 0 aromatic heterocycles. The van der Waals surface area contributed by atoms with Gasteiger partial charge in [0.15, 0.2) is 5.30 Å². The number of benzene rings is 1. The van der Waals surface area contributed by atoms with Gasteiger partial charge in [-0.25, -0.2) is 0 Å². The van der Waals surface area contributed by atoms with Crippen molar-refractivity contribution >= 4 is 29.7 Å². The third kappa shape index (κ3) is 1.88. The SMILES string of the molecule is O=[PH+]c1ccc(Br)cc1. The summed E-state index contributed by atoms with van der Waals surface area (Å²) in [5, 5.41) is 0.859. The summed E-state index contributed by atoms with van der Waals surface area (Å²) < 4.78 is 11.3. The summed E-state index contributed by atoms with van der Waals surface area (Å²) in [6, 6.07) is 7.41. The normalized spacial score (nSPS) is 9.89. The second-order valence-electron chi connectivity index (χ2n) is 1.61. The molecular formula is C6H5BrOP+. The van der Waals surface area contributed by atoms with Crippen molar-refractivity contribution in [2.75, 3.05) is 0 Å². The van der Waals surface area contributed by atoms with Gasteiger partial charge >= 0.3 is 8.46 Å². The summed E-state index contributed by atoms with van der Waals surface area (Å²) in [4.78, 5) is 0. The van der Waals surface area contributed by atoms with Gasteiger partial charge in [-0.2, -0.15) is 0 Å². The summed E-state index contributed by atoms with van der Waals surface area (Å²) in [6.45, 7) is 0. The Kier molecular flexibility index (Phi) is 2.38. The van der Waals surface area contributed by atoms with Crippen LogP contribution in [0.25, 0.3) is 0 Å². The van der Waals surface area contributed by atoms with E-state index in [1.54, 1.807) is 0 Å². The van der Waals surface area contributed by atoms with Crippen LogP contribution in [0.5, 0.6) is 0 Å². The fourth-order valence-corrected chi connectivity index (χ4v) is 1.09. The Bertz CT molecular complexity index is 207. The third-order valence-electron chi connectivity index (χ3n) is 0.962. The molecule has 1 aromatic carbocycles. The number of hydrogen-bond acceptors (Lipinski definition) is 1. The fraction of sp³-hybridized carbons (Fsp3) is 0. The Balaban J connectivity index is 3.01. The molecule has 0 saturated carbocycles. The molecule has 0 fully saturated rings. The molecule has 1 unspecified atom stereocenters. The first-order chi connectivity index (χ1) is 4.33. The van der Waals surface area contributed by atoms with E-state index in [4.69, 9.17) is 0 Å². The molecule has 46 valence electrons. The van der Waals surface area contributed by atoms with Gasteiger partial charge in [-0.3, -0.25) is 0 Å². The zero-order valence-electron chi connectivity index (χ0n) is 4.60. The third-order valence-corrected chi connectivity index (χ3v) is 2.06. The lowest BCUT2D eigenvalue weighted by atomic mass is 10.4. The predicted octanol–water partition coefficient (Wildman–Crippen LogP) is 2.10. The summed E-state index contributed by atoms with van der Waals surface area (Å²) in [6.07, 6.45) is 0. The van der Waals surface area contributed by atoms with Crippen LogP contribution < -0.4 is 5.30 Å². The lowest BCUT2D eigenvalue weighted by Gasteiger charge is -1.82. The van der Waals surface area contributed by atoms with Crippen molar-refractivity contribution < 1.29 is 4.57 Å². The van der Waals surface area contributed by atoms with Crippen LogP contribution in [-0.4, -0.2) is 0 Å². The lowest BCUT2D eigenvalue weighted by molar-refractivity contribution is 0.603. The summed E-state index contributed by atoms with van der Waals surface area (Å²) in [5.74, 6) is 0. The predicted molar refractivity (Wildman–Crippen MR) is 42.8 cm³/mol. The zero-order valence-corrected chi connectivity index (χ0v) is 7.18.